The number of benzene rings is 1. The number of alkyl carbamates (subject to hydrolysis) is 1. The van der Waals surface area contributed by atoms with Gasteiger partial charge in [-0.05, 0) is 38.5 Å². The zero-order valence-electron chi connectivity index (χ0n) is 18.0. The van der Waals surface area contributed by atoms with Crippen LogP contribution in [0, 0.1) is 0 Å². The summed E-state index contributed by atoms with van der Waals surface area (Å²) in [5, 5.41) is 2.69. The summed E-state index contributed by atoms with van der Waals surface area (Å²) in [6, 6.07) is 7.19. The normalized spacial score (nSPS) is 23.5. The van der Waals surface area contributed by atoms with E-state index in [0.717, 1.165) is 11.3 Å². The Balaban J connectivity index is 1.72. The standard InChI is InChI=1S/C20H27N3O6S2/c1-20(2,3)29-19(25)21-9-17(24)22-18-23(10-13-5-7-14(28-4)8-6-13)15-11-31(26,27)12-16(15)30-18/h5-8,15-16H,9-12H2,1-4H3,(H,21,25)/t15-,16+/m0/s1. The van der Waals surface area contributed by atoms with E-state index in [4.69, 9.17) is 9.47 Å². The van der Waals surface area contributed by atoms with Gasteiger partial charge in [0.25, 0.3) is 5.91 Å². The molecule has 2 aliphatic heterocycles. The molecule has 170 valence electrons. The van der Waals surface area contributed by atoms with Crippen LogP contribution in [0.4, 0.5) is 4.79 Å². The molecule has 2 atom stereocenters. The van der Waals surface area contributed by atoms with E-state index in [1.807, 2.05) is 29.2 Å². The van der Waals surface area contributed by atoms with E-state index in [1.165, 1.54) is 11.8 Å². The molecule has 31 heavy (non-hydrogen) atoms. The number of carbonyl (C=O) groups is 2. The van der Waals surface area contributed by atoms with Crippen LogP contribution in [-0.4, -0.2) is 72.5 Å². The average Bonchev–Trinajstić information content (AvgIpc) is 3.11. The number of aliphatic imine (C=N–C) groups is 1. The minimum Gasteiger partial charge on any atom is -0.497 e. The van der Waals surface area contributed by atoms with Crippen molar-refractivity contribution in [2.45, 2.75) is 44.2 Å². The molecule has 0 bridgehead atoms. The summed E-state index contributed by atoms with van der Waals surface area (Å²) in [6.45, 7) is 5.30. The first kappa shape index (κ1) is 23.4. The fourth-order valence-electron chi connectivity index (χ4n) is 3.36. The summed E-state index contributed by atoms with van der Waals surface area (Å²) in [6.07, 6.45) is -0.696. The van der Waals surface area contributed by atoms with Gasteiger partial charge in [0, 0.05) is 11.8 Å². The molecule has 0 spiro atoms. The minimum absolute atomic E-state index is 0.0319. The van der Waals surface area contributed by atoms with Crippen molar-refractivity contribution in [3.63, 3.8) is 0 Å². The van der Waals surface area contributed by atoms with Crippen LogP contribution in [-0.2, 0) is 25.9 Å². The number of methoxy groups -OCH3 is 1. The zero-order chi connectivity index (χ0) is 22.8. The van der Waals surface area contributed by atoms with Crippen molar-refractivity contribution in [3.8, 4) is 5.75 Å². The van der Waals surface area contributed by atoms with Crippen molar-refractivity contribution >= 4 is 38.8 Å². The van der Waals surface area contributed by atoms with E-state index < -0.39 is 27.4 Å². The molecule has 3 rings (SSSR count). The third-order valence-electron chi connectivity index (χ3n) is 4.69. The monoisotopic (exact) mass is 469 g/mol. The molecule has 1 aromatic carbocycles. The zero-order valence-corrected chi connectivity index (χ0v) is 19.6. The van der Waals surface area contributed by atoms with Crippen molar-refractivity contribution in [1.29, 1.82) is 0 Å². The molecular weight excluding hydrogens is 442 g/mol. The number of rotatable bonds is 5. The Morgan fingerprint density at radius 2 is 1.90 bits per heavy atom. The SMILES string of the molecule is COc1ccc(CN2C(=NC(=O)CNC(=O)OC(C)(C)C)S[C@@H]3CS(=O)(=O)C[C@@H]32)cc1. The van der Waals surface area contributed by atoms with E-state index in [-0.39, 0.29) is 29.3 Å². The van der Waals surface area contributed by atoms with Crippen LogP contribution in [0.25, 0.3) is 0 Å². The average molecular weight is 470 g/mol. The third kappa shape index (κ3) is 6.36. The Hall–Kier alpha value is -2.27. The number of amides is 2. The lowest BCUT2D eigenvalue weighted by Gasteiger charge is -2.24. The first-order valence-electron chi connectivity index (χ1n) is 9.81. The van der Waals surface area contributed by atoms with E-state index >= 15 is 0 Å². The Morgan fingerprint density at radius 1 is 1.23 bits per heavy atom. The smallest absolute Gasteiger partial charge is 0.408 e. The number of carbonyl (C=O) groups excluding carboxylic acids is 2. The number of amidine groups is 1. The number of nitrogens with zero attached hydrogens (tertiary/aromatic N) is 2. The molecule has 2 amide bonds. The second-order valence-corrected chi connectivity index (χ2v) is 11.8. The van der Waals surface area contributed by atoms with Gasteiger partial charge < -0.3 is 19.7 Å². The summed E-state index contributed by atoms with van der Waals surface area (Å²) in [5.74, 6) is 0.281. The Bertz CT molecular complexity index is 970. The highest BCUT2D eigenvalue weighted by atomic mass is 32.2. The van der Waals surface area contributed by atoms with Gasteiger partial charge in [0.2, 0.25) is 0 Å². The first-order chi connectivity index (χ1) is 14.5. The van der Waals surface area contributed by atoms with Crippen LogP contribution in [0.3, 0.4) is 0 Å². The molecule has 0 saturated carbocycles. The van der Waals surface area contributed by atoms with Crippen molar-refractivity contribution in [3.05, 3.63) is 29.8 Å². The molecular formula is C20H27N3O6S2. The van der Waals surface area contributed by atoms with E-state index in [0.29, 0.717) is 11.7 Å². The maximum Gasteiger partial charge on any atom is 0.408 e. The second kappa shape index (κ2) is 9.07. The Kier molecular flexibility index (Phi) is 6.85. The van der Waals surface area contributed by atoms with Gasteiger partial charge in [0.05, 0.1) is 24.7 Å². The van der Waals surface area contributed by atoms with Crippen LogP contribution in [0.1, 0.15) is 26.3 Å². The molecule has 0 aromatic heterocycles. The predicted molar refractivity (Wildman–Crippen MR) is 119 cm³/mol. The van der Waals surface area contributed by atoms with Gasteiger partial charge in [-0.25, -0.2) is 13.2 Å². The highest BCUT2D eigenvalue weighted by Crippen LogP contribution is 2.39. The number of nitrogens with one attached hydrogen (secondary N) is 1. The second-order valence-electron chi connectivity index (χ2n) is 8.42. The number of ether oxygens (including phenoxy) is 2. The Morgan fingerprint density at radius 3 is 2.52 bits per heavy atom. The molecule has 1 N–H and O–H groups in total. The van der Waals surface area contributed by atoms with Gasteiger partial charge in [-0.1, -0.05) is 23.9 Å². The van der Waals surface area contributed by atoms with E-state index in [1.54, 1.807) is 27.9 Å². The molecule has 0 radical (unpaired) electrons. The lowest BCUT2D eigenvalue weighted by Crippen LogP contribution is -2.38. The van der Waals surface area contributed by atoms with Gasteiger partial charge in [0.1, 0.15) is 17.9 Å². The summed E-state index contributed by atoms with van der Waals surface area (Å²) in [7, 11) is -1.54. The molecule has 0 unspecified atom stereocenters. The number of hydrogen-bond donors (Lipinski definition) is 1. The van der Waals surface area contributed by atoms with Crippen LogP contribution >= 0.6 is 11.8 Å². The minimum atomic E-state index is -3.13. The molecule has 2 fully saturated rings. The van der Waals surface area contributed by atoms with E-state index in [9.17, 15) is 18.0 Å². The maximum absolute atomic E-state index is 12.4. The van der Waals surface area contributed by atoms with Crippen LogP contribution in [0.5, 0.6) is 5.75 Å². The van der Waals surface area contributed by atoms with Crippen molar-refractivity contribution in [1.82, 2.24) is 10.2 Å². The number of sulfone groups is 1. The quantitative estimate of drug-likeness (QED) is 0.695. The number of thioether (sulfide) groups is 1. The fourth-order valence-corrected chi connectivity index (χ4v) is 7.32. The molecule has 2 aliphatic rings. The molecule has 2 saturated heterocycles. The van der Waals surface area contributed by atoms with Gasteiger partial charge in [-0.3, -0.25) is 4.79 Å². The van der Waals surface area contributed by atoms with Crippen LogP contribution in [0.2, 0.25) is 0 Å². The summed E-state index contributed by atoms with van der Waals surface area (Å²) < 4.78 is 34.5. The van der Waals surface area contributed by atoms with Gasteiger partial charge in [-0.15, -0.1) is 0 Å². The predicted octanol–water partition coefficient (Wildman–Crippen LogP) is 1.82. The summed E-state index contributed by atoms with van der Waals surface area (Å²) >= 11 is 1.30. The van der Waals surface area contributed by atoms with Crippen molar-refractivity contribution in [2.24, 2.45) is 4.99 Å². The fraction of sp³-hybridized carbons (Fsp3) is 0.550. The highest BCUT2D eigenvalue weighted by Gasteiger charge is 2.48. The van der Waals surface area contributed by atoms with E-state index in [2.05, 4.69) is 10.3 Å². The molecule has 0 aliphatic carbocycles. The summed E-state index contributed by atoms with van der Waals surface area (Å²) in [4.78, 5) is 30.2. The highest BCUT2D eigenvalue weighted by molar-refractivity contribution is 8.15. The lowest BCUT2D eigenvalue weighted by atomic mass is 10.1. The van der Waals surface area contributed by atoms with Gasteiger partial charge in [-0.2, -0.15) is 4.99 Å². The third-order valence-corrected chi connectivity index (χ3v) is 7.94. The van der Waals surface area contributed by atoms with Crippen molar-refractivity contribution < 1.29 is 27.5 Å². The number of hydrogen-bond acceptors (Lipinski definition) is 7. The maximum atomic E-state index is 12.4. The molecule has 1 aromatic rings. The van der Waals surface area contributed by atoms with Gasteiger partial charge >= 0.3 is 6.09 Å². The lowest BCUT2D eigenvalue weighted by molar-refractivity contribution is -0.117. The molecule has 9 nitrogen and oxygen atoms in total. The topological polar surface area (TPSA) is 114 Å². The first-order valence-corrected chi connectivity index (χ1v) is 12.5. The molecule has 11 heteroatoms. The van der Waals surface area contributed by atoms with Gasteiger partial charge in [0.15, 0.2) is 15.0 Å². The van der Waals surface area contributed by atoms with Crippen LogP contribution < -0.4 is 10.1 Å². The summed E-state index contributed by atoms with van der Waals surface area (Å²) in [5.41, 5.74) is 0.275. The largest absolute Gasteiger partial charge is 0.497 e. The Labute approximate surface area is 186 Å². The van der Waals surface area contributed by atoms with Crippen LogP contribution in [0.15, 0.2) is 29.3 Å². The number of fused-ring (bicyclic) bond motifs is 1. The van der Waals surface area contributed by atoms with Crippen molar-refractivity contribution in [2.75, 3.05) is 25.2 Å². The molecule has 2 heterocycles.